The Labute approximate surface area is 124 Å². The standard InChI is InChI=1S/C17H21NO3/c1-18(8-9-20-11-13-6-7-13)10-16(19)15-12-21-17-5-3-2-4-14(15)17/h2-5,12-13H,6-11H2,1H3. The summed E-state index contributed by atoms with van der Waals surface area (Å²) in [4.78, 5) is 14.3. The first kappa shape index (κ1) is 14.3. The first-order chi connectivity index (χ1) is 10.2. The van der Waals surface area contributed by atoms with E-state index >= 15 is 0 Å². The zero-order valence-corrected chi connectivity index (χ0v) is 12.4. The van der Waals surface area contributed by atoms with Crippen LogP contribution in [0.1, 0.15) is 23.2 Å². The number of furan rings is 1. The number of para-hydroxylation sites is 1. The molecule has 1 fully saturated rings. The van der Waals surface area contributed by atoms with E-state index in [2.05, 4.69) is 0 Å². The van der Waals surface area contributed by atoms with E-state index in [0.29, 0.717) is 18.7 Å². The van der Waals surface area contributed by atoms with Gasteiger partial charge in [-0.15, -0.1) is 0 Å². The van der Waals surface area contributed by atoms with Crippen molar-refractivity contribution < 1.29 is 13.9 Å². The van der Waals surface area contributed by atoms with Gasteiger partial charge in [-0.1, -0.05) is 18.2 Å². The second-order valence-corrected chi connectivity index (χ2v) is 5.82. The summed E-state index contributed by atoms with van der Waals surface area (Å²) in [6.45, 7) is 2.71. The zero-order valence-electron chi connectivity index (χ0n) is 12.4. The van der Waals surface area contributed by atoms with E-state index in [9.17, 15) is 4.79 Å². The maximum atomic E-state index is 12.3. The molecule has 21 heavy (non-hydrogen) atoms. The predicted molar refractivity (Wildman–Crippen MR) is 81.6 cm³/mol. The van der Waals surface area contributed by atoms with Crippen LogP contribution in [0.4, 0.5) is 0 Å². The molecule has 0 aliphatic heterocycles. The summed E-state index contributed by atoms with van der Waals surface area (Å²) in [7, 11) is 1.95. The Hall–Kier alpha value is -1.65. The molecule has 0 spiro atoms. The van der Waals surface area contributed by atoms with E-state index in [1.165, 1.54) is 12.8 Å². The number of ether oxygens (including phenoxy) is 1. The third kappa shape index (κ3) is 3.71. The molecule has 2 aromatic rings. The largest absolute Gasteiger partial charge is 0.464 e. The van der Waals surface area contributed by atoms with Crippen molar-refractivity contribution in [3.63, 3.8) is 0 Å². The average molecular weight is 287 g/mol. The summed E-state index contributed by atoms with van der Waals surface area (Å²) in [5, 5.41) is 0.890. The number of hydrogen-bond acceptors (Lipinski definition) is 4. The topological polar surface area (TPSA) is 42.7 Å². The van der Waals surface area contributed by atoms with Crippen molar-refractivity contribution in [3.8, 4) is 0 Å². The van der Waals surface area contributed by atoms with E-state index in [0.717, 1.165) is 30.0 Å². The van der Waals surface area contributed by atoms with Gasteiger partial charge in [-0.2, -0.15) is 0 Å². The summed E-state index contributed by atoms with van der Waals surface area (Å²) in [5.74, 6) is 0.874. The Morgan fingerprint density at radius 3 is 3.00 bits per heavy atom. The number of fused-ring (bicyclic) bond motifs is 1. The molecule has 4 heteroatoms. The molecule has 1 aliphatic rings. The molecule has 1 aromatic heterocycles. The molecule has 4 nitrogen and oxygen atoms in total. The Bertz CT molecular complexity index is 615. The fourth-order valence-electron chi connectivity index (χ4n) is 2.36. The quantitative estimate of drug-likeness (QED) is 0.553. The van der Waals surface area contributed by atoms with Gasteiger partial charge in [0.1, 0.15) is 11.8 Å². The van der Waals surface area contributed by atoms with Crippen LogP contribution in [0.5, 0.6) is 0 Å². The van der Waals surface area contributed by atoms with Crippen LogP contribution >= 0.6 is 0 Å². The first-order valence-electron chi connectivity index (χ1n) is 7.50. The Morgan fingerprint density at radius 1 is 1.38 bits per heavy atom. The normalized spacial score (nSPS) is 15.0. The number of Topliss-reactive ketones (excluding diaryl/α,β-unsaturated/α-hetero) is 1. The molecule has 1 aromatic carbocycles. The maximum Gasteiger partial charge on any atom is 0.180 e. The minimum atomic E-state index is 0.0876. The maximum absolute atomic E-state index is 12.3. The molecule has 0 saturated heterocycles. The third-order valence-corrected chi connectivity index (χ3v) is 3.86. The predicted octanol–water partition coefficient (Wildman–Crippen LogP) is 2.97. The van der Waals surface area contributed by atoms with Gasteiger partial charge in [-0.25, -0.2) is 0 Å². The lowest BCUT2D eigenvalue weighted by atomic mass is 10.1. The van der Waals surface area contributed by atoms with Gasteiger partial charge in [0, 0.05) is 18.5 Å². The summed E-state index contributed by atoms with van der Waals surface area (Å²) >= 11 is 0. The first-order valence-corrected chi connectivity index (χ1v) is 7.50. The number of ketones is 1. The highest BCUT2D eigenvalue weighted by Crippen LogP contribution is 2.28. The minimum absolute atomic E-state index is 0.0876. The summed E-state index contributed by atoms with van der Waals surface area (Å²) < 4.78 is 11.0. The van der Waals surface area contributed by atoms with Crippen LogP contribution in [0, 0.1) is 5.92 Å². The molecule has 0 radical (unpaired) electrons. The van der Waals surface area contributed by atoms with Crippen LogP contribution in [0.2, 0.25) is 0 Å². The lowest BCUT2D eigenvalue weighted by molar-refractivity contribution is 0.0861. The molecule has 0 N–H and O–H groups in total. The van der Waals surface area contributed by atoms with Gasteiger partial charge in [-0.3, -0.25) is 9.69 Å². The molecule has 1 aliphatic carbocycles. The molecule has 0 unspecified atom stereocenters. The molecule has 3 rings (SSSR count). The molecule has 112 valence electrons. The van der Waals surface area contributed by atoms with Crippen LogP contribution in [0.25, 0.3) is 11.0 Å². The van der Waals surface area contributed by atoms with Gasteiger partial charge < -0.3 is 9.15 Å². The lowest BCUT2D eigenvalue weighted by Gasteiger charge is -2.15. The van der Waals surface area contributed by atoms with Crippen molar-refractivity contribution in [2.75, 3.05) is 33.4 Å². The smallest absolute Gasteiger partial charge is 0.180 e. The van der Waals surface area contributed by atoms with Crippen LogP contribution in [0.15, 0.2) is 34.9 Å². The Morgan fingerprint density at radius 2 is 2.19 bits per heavy atom. The van der Waals surface area contributed by atoms with Gasteiger partial charge in [0.25, 0.3) is 0 Å². The number of likely N-dealkylation sites (N-methyl/N-ethyl adjacent to an activating group) is 1. The van der Waals surface area contributed by atoms with Gasteiger partial charge in [0.2, 0.25) is 0 Å². The molecular weight excluding hydrogens is 266 g/mol. The fraction of sp³-hybridized carbons (Fsp3) is 0.471. The number of rotatable bonds is 8. The highest BCUT2D eigenvalue weighted by Gasteiger charge is 2.21. The minimum Gasteiger partial charge on any atom is -0.464 e. The van der Waals surface area contributed by atoms with E-state index in [4.69, 9.17) is 9.15 Å². The van der Waals surface area contributed by atoms with Crippen molar-refractivity contribution in [1.29, 1.82) is 0 Å². The fourth-order valence-corrected chi connectivity index (χ4v) is 2.36. The number of nitrogens with zero attached hydrogens (tertiary/aromatic N) is 1. The van der Waals surface area contributed by atoms with Crippen LogP contribution in [-0.4, -0.2) is 44.0 Å². The highest BCUT2D eigenvalue weighted by molar-refractivity contribution is 6.08. The van der Waals surface area contributed by atoms with E-state index in [-0.39, 0.29) is 5.78 Å². The molecule has 0 amide bonds. The highest BCUT2D eigenvalue weighted by atomic mass is 16.5. The van der Waals surface area contributed by atoms with Gasteiger partial charge in [0.05, 0.1) is 18.7 Å². The third-order valence-electron chi connectivity index (χ3n) is 3.86. The van der Waals surface area contributed by atoms with Gasteiger partial charge in [-0.05, 0) is 31.9 Å². The van der Waals surface area contributed by atoms with Crippen LogP contribution in [0.3, 0.4) is 0 Å². The van der Waals surface area contributed by atoms with Crippen molar-refractivity contribution in [2.24, 2.45) is 5.92 Å². The molecule has 0 atom stereocenters. The Kier molecular flexibility index (Phi) is 4.36. The van der Waals surface area contributed by atoms with Crippen molar-refractivity contribution >= 4 is 16.8 Å². The number of benzene rings is 1. The van der Waals surface area contributed by atoms with Crippen molar-refractivity contribution in [1.82, 2.24) is 4.90 Å². The number of hydrogen-bond donors (Lipinski definition) is 0. The number of carbonyl (C=O) groups excluding carboxylic acids is 1. The molecular formula is C17H21NO3. The van der Waals surface area contributed by atoms with E-state index < -0.39 is 0 Å². The van der Waals surface area contributed by atoms with E-state index in [1.54, 1.807) is 6.26 Å². The van der Waals surface area contributed by atoms with Gasteiger partial charge in [0.15, 0.2) is 5.78 Å². The Balaban J connectivity index is 1.50. The zero-order chi connectivity index (χ0) is 14.7. The monoisotopic (exact) mass is 287 g/mol. The second kappa shape index (κ2) is 6.41. The summed E-state index contributed by atoms with van der Waals surface area (Å²) in [6.07, 6.45) is 4.17. The molecule has 1 heterocycles. The molecule has 1 saturated carbocycles. The van der Waals surface area contributed by atoms with Crippen molar-refractivity contribution in [3.05, 3.63) is 36.1 Å². The molecule has 0 bridgehead atoms. The summed E-state index contributed by atoms with van der Waals surface area (Å²) in [5.41, 5.74) is 1.42. The van der Waals surface area contributed by atoms with Crippen LogP contribution < -0.4 is 0 Å². The average Bonchev–Trinajstić information content (AvgIpc) is 3.20. The van der Waals surface area contributed by atoms with E-state index in [1.807, 2.05) is 36.2 Å². The van der Waals surface area contributed by atoms with Gasteiger partial charge >= 0.3 is 0 Å². The van der Waals surface area contributed by atoms with Crippen molar-refractivity contribution in [2.45, 2.75) is 12.8 Å². The SMILES string of the molecule is CN(CCOCC1CC1)CC(=O)c1coc2ccccc12. The lowest BCUT2D eigenvalue weighted by Crippen LogP contribution is -2.29. The summed E-state index contributed by atoms with van der Waals surface area (Å²) in [6, 6.07) is 7.62. The second-order valence-electron chi connectivity index (χ2n) is 5.82. The van der Waals surface area contributed by atoms with Crippen LogP contribution in [-0.2, 0) is 4.74 Å². The number of carbonyl (C=O) groups is 1.